The third-order valence-corrected chi connectivity index (χ3v) is 3.26. The molecule has 0 bridgehead atoms. The van der Waals surface area contributed by atoms with Gasteiger partial charge in [0.15, 0.2) is 0 Å². The van der Waals surface area contributed by atoms with Gasteiger partial charge in [0.25, 0.3) is 0 Å². The molecule has 0 saturated carbocycles. The molecule has 1 heterocycles. The van der Waals surface area contributed by atoms with E-state index in [0.29, 0.717) is 5.92 Å². The van der Waals surface area contributed by atoms with Gasteiger partial charge in [0.2, 0.25) is 5.91 Å². The Morgan fingerprint density at radius 3 is 3.00 bits per heavy atom. The molecule has 1 atom stereocenters. The standard InChI is InChI=1S/C14H20N2O/c1-10(2)14(17)15-8-7-11-9-16-13-6-4-3-5-12(11)13/h3-6,10-11,16H,7-9H2,1-2H3,(H,15,17). The van der Waals surface area contributed by atoms with Crippen molar-refractivity contribution in [2.75, 3.05) is 18.4 Å². The van der Waals surface area contributed by atoms with E-state index in [1.54, 1.807) is 0 Å². The number of rotatable bonds is 4. The number of benzene rings is 1. The second kappa shape index (κ2) is 5.21. The van der Waals surface area contributed by atoms with Gasteiger partial charge in [-0.3, -0.25) is 4.79 Å². The summed E-state index contributed by atoms with van der Waals surface area (Å²) in [6.07, 6.45) is 1.00. The van der Waals surface area contributed by atoms with E-state index in [1.807, 2.05) is 13.8 Å². The largest absolute Gasteiger partial charge is 0.384 e. The van der Waals surface area contributed by atoms with E-state index in [1.165, 1.54) is 11.3 Å². The average Bonchev–Trinajstić information content (AvgIpc) is 2.72. The van der Waals surface area contributed by atoms with Gasteiger partial charge in [-0.15, -0.1) is 0 Å². The molecular formula is C14H20N2O. The van der Waals surface area contributed by atoms with Gasteiger partial charge >= 0.3 is 0 Å². The molecule has 1 aromatic carbocycles. The minimum absolute atomic E-state index is 0.0731. The Labute approximate surface area is 103 Å². The number of hydrogen-bond acceptors (Lipinski definition) is 2. The first-order valence-electron chi connectivity index (χ1n) is 6.29. The second-order valence-corrected chi connectivity index (χ2v) is 4.90. The molecule has 0 saturated heterocycles. The van der Waals surface area contributed by atoms with Crippen molar-refractivity contribution in [3.8, 4) is 0 Å². The summed E-state index contributed by atoms with van der Waals surface area (Å²) in [6, 6.07) is 8.41. The summed E-state index contributed by atoms with van der Waals surface area (Å²) >= 11 is 0. The number of para-hydroxylation sites is 1. The van der Waals surface area contributed by atoms with E-state index in [2.05, 4.69) is 34.9 Å². The third-order valence-electron chi connectivity index (χ3n) is 3.26. The Hall–Kier alpha value is -1.51. The maximum atomic E-state index is 11.4. The van der Waals surface area contributed by atoms with Crippen molar-refractivity contribution in [2.45, 2.75) is 26.2 Å². The van der Waals surface area contributed by atoms with Gasteiger partial charge < -0.3 is 10.6 Å². The lowest BCUT2D eigenvalue weighted by Crippen LogP contribution is -2.29. The Balaban J connectivity index is 1.84. The minimum Gasteiger partial charge on any atom is -0.384 e. The van der Waals surface area contributed by atoms with E-state index < -0.39 is 0 Å². The highest BCUT2D eigenvalue weighted by molar-refractivity contribution is 5.77. The summed E-state index contributed by atoms with van der Waals surface area (Å²) in [6.45, 7) is 5.58. The van der Waals surface area contributed by atoms with Crippen molar-refractivity contribution < 1.29 is 4.79 Å². The molecule has 3 heteroatoms. The van der Waals surface area contributed by atoms with Crippen molar-refractivity contribution in [3.05, 3.63) is 29.8 Å². The first-order chi connectivity index (χ1) is 8.18. The third kappa shape index (κ3) is 2.78. The SMILES string of the molecule is CC(C)C(=O)NCCC1CNc2ccccc21. The van der Waals surface area contributed by atoms with E-state index in [9.17, 15) is 4.79 Å². The van der Waals surface area contributed by atoms with Crippen LogP contribution in [0.1, 0.15) is 31.7 Å². The first-order valence-corrected chi connectivity index (χ1v) is 6.29. The molecule has 0 spiro atoms. The van der Waals surface area contributed by atoms with E-state index in [-0.39, 0.29) is 11.8 Å². The van der Waals surface area contributed by atoms with Crippen molar-refractivity contribution >= 4 is 11.6 Å². The average molecular weight is 232 g/mol. The van der Waals surface area contributed by atoms with Crippen LogP contribution < -0.4 is 10.6 Å². The van der Waals surface area contributed by atoms with Crippen molar-refractivity contribution in [2.24, 2.45) is 5.92 Å². The molecule has 1 aliphatic rings. The summed E-state index contributed by atoms with van der Waals surface area (Å²) in [7, 11) is 0. The summed E-state index contributed by atoms with van der Waals surface area (Å²) in [5.74, 6) is 0.742. The van der Waals surface area contributed by atoms with Crippen LogP contribution in [0.5, 0.6) is 0 Å². The van der Waals surface area contributed by atoms with Crippen LogP contribution in [-0.4, -0.2) is 19.0 Å². The first kappa shape index (κ1) is 12.0. The molecule has 0 aromatic heterocycles. The highest BCUT2D eigenvalue weighted by Crippen LogP contribution is 2.32. The fraction of sp³-hybridized carbons (Fsp3) is 0.500. The van der Waals surface area contributed by atoms with Crippen LogP contribution in [0, 0.1) is 5.92 Å². The normalized spacial score (nSPS) is 17.7. The quantitative estimate of drug-likeness (QED) is 0.836. The highest BCUT2D eigenvalue weighted by Gasteiger charge is 2.21. The molecule has 0 radical (unpaired) electrons. The zero-order valence-electron chi connectivity index (χ0n) is 10.5. The van der Waals surface area contributed by atoms with Crippen LogP contribution in [0.2, 0.25) is 0 Å². The summed E-state index contributed by atoms with van der Waals surface area (Å²) in [5, 5.41) is 6.37. The lowest BCUT2D eigenvalue weighted by Gasteiger charge is -2.12. The zero-order chi connectivity index (χ0) is 12.3. The van der Waals surface area contributed by atoms with Crippen molar-refractivity contribution in [1.82, 2.24) is 5.32 Å². The fourth-order valence-corrected chi connectivity index (χ4v) is 2.19. The van der Waals surface area contributed by atoms with E-state index in [4.69, 9.17) is 0 Å². The van der Waals surface area contributed by atoms with Gasteiger partial charge in [0.1, 0.15) is 0 Å². The predicted molar refractivity (Wildman–Crippen MR) is 70.1 cm³/mol. The van der Waals surface area contributed by atoms with Crippen LogP contribution in [0.3, 0.4) is 0 Å². The molecule has 1 amide bonds. The van der Waals surface area contributed by atoms with Crippen LogP contribution >= 0.6 is 0 Å². The summed E-state index contributed by atoms with van der Waals surface area (Å²) in [4.78, 5) is 11.4. The lowest BCUT2D eigenvalue weighted by atomic mass is 9.98. The number of anilines is 1. The lowest BCUT2D eigenvalue weighted by molar-refractivity contribution is -0.123. The van der Waals surface area contributed by atoms with Gasteiger partial charge in [-0.1, -0.05) is 32.0 Å². The summed E-state index contributed by atoms with van der Waals surface area (Å²) in [5.41, 5.74) is 2.62. The fourth-order valence-electron chi connectivity index (χ4n) is 2.19. The van der Waals surface area contributed by atoms with Crippen LogP contribution in [0.25, 0.3) is 0 Å². The van der Waals surface area contributed by atoms with Gasteiger partial charge in [-0.25, -0.2) is 0 Å². The second-order valence-electron chi connectivity index (χ2n) is 4.90. The number of carbonyl (C=O) groups is 1. The van der Waals surface area contributed by atoms with Crippen LogP contribution in [-0.2, 0) is 4.79 Å². The van der Waals surface area contributed by atoms with E-state index in [0.717, 1.165) is 19.5 Å². The Kier molecular flexibility index (Phi) is 3.67. The Morgan fingerprint density at radius 2 is 2.24 bits per heavy atom. The molecule has 2 N–H and O–H groups in total. The smallest absolute Gasteiger partial charge is 0.222 e. The number of hydrogen-bond donors (Lipinski definition) is 2. The number of carbonyl (C=O) groups excluding carboxylic acids is 1. The molecule has 17 heavy (non-hydrogen) atoms. The molecule has 2 rings (SSSR count). The van der Waals surface area contributed by atoms with Gasteiger partial charge in [-0.05, 0) is 18.1 Å². The van der Waals surface area contributed by atoms with Crippen molar-refractivity contribution in [3.63, 3.8) is 0 Å². The summed E-state index contributed by atoms with van der Waals surface area (Å²) < 4.78 is 0. The highest BCUT2D eigenvalue weighted by atomic mass is 16.1. The minimum atomic E-state index is 0.0731. The number of fused-ring (bicyclic) bond motifs is 1. The maximum absolute atomic E-state index is 11.4. The number of nitrogens with one attached hydrogen (secondary N) is 2. The Morgan fingerprint density at radius 1 is 1.47 bits per heavy atom. The molecule has 0 aliphatic carbocycles. The monoisotopic (exact) mass is 232 g/mol. The molecule has 3 nitrogen and oxygen atoms in total. The van der Waals surface area contributed by atoms with Gasteiger partial charge in [0, 0.05) is 30.6 Å². The van der Waals surface area contributed by atoms with E-state index >= 15 is 0 Å². The zero-order valence-corrected chi connectivity index (χ0v) is 10.5. The molecule has 92 valence electrons. The van der Waals surface area contributed by atoms with Gasteiger partial charge in [0.05, 0.1) is 0 Å². The molecular weight excluding hydrogens is 212 g/mol. The van der Waals surface area contributed by atoms with Gasteiger partial charge in [-0.2, -0.15) is 0 Å². The van der Waals surface area contributed by atoms with Crippen molar-refractivity contribution in [1.29, 1.82) is 0 Å². The molecule has 1 aliphatic heterocycles. The Bertz CT molecular complexity index is 401. The maximum Gasteiger partial charge on any atom is 0.222 e. The van der Waals surface area contributed by atoms with Crippen LogP contribution in [0.15, 0.2) is 24.3 Å². The molecule has 1 aromatic rings. The predicted octanol–water partition coefficient (Wildman–Crippen LogP) is 2.36. The molecule has 0 fully saturated rings. The molecule has 1 unspecified atom stereocenters. The van der Waals surface area contributed by atoms with Crippen LogP contribution in [0.4, 0.5) is 5.69 Å². The number of amides is 1. The topological polar surface area (TPSA) is 41.1 Å².